The molecule has 0 unspecified atom stereocenters. The summed E-state index contributed by atoms with van der Waals surface area (Å²) in [5.41, 5.74) is 1.01. The molecule has 1 heterocycles. The lowest BCUT2D eigenvalue weighted by Crippen LogP contribution is -2.05. The van der Waals surface area contributed by atoms with Gasteiger partial charge >= 0.3 is 0 Å². The Labute approximate surface area is 114 Å². The molecule has 0 aliphatic carbocycles. The first-order valence-electron chi connectivity index (χ1n) is 5.77. The third-order valence-corrected chi connectivity index (χ3v) is 3.15. The molecular formula is C13H14BrFN2O. The molecule has 0 saturated heterocycles. The number of imidazole rings is 1. The average molecular weight is 313 g/mol. The highest BCUT2D eigenvalue weighted by Gasteiger charge is 2.04. The summed E-state index contributed by atoms with van der Waals surface area (Å²) in [4.78, 5) is 4.10. The van der Waals surface area contributed by atoms with Crippen LogP contribution in [0.2, 0.25) is 0 Å². The Kier molecular flexibility index (Phi) is 4.36. The molecule has 18 heavy (non-hydrogen) atoms. The maximum Gasteiger partial charge on any atom is 0.137 e. The Morgan fingerprint density at radius 3 is 3.00 bits per heavy atom. The first kappa shape index (κ1) is 13.1. The maximum atomic E-state index is 13.1. The van der Waals surface area contributed by atoms with Gasteiger partial charge in [0.25, 0.3) is 0 Å². The smallest absolute Gasteiger partial charge is 0.137 e. The van der Waals surface area contributed by atoms with E-state index in [0.29, 0.717) is 16.8 Å². The van der Waals surface area contributed by atoms with Crippen molar-refractivity contribution >= 4 is 15.9 Å². The molecule has 2 rings (SSSR count). The molecule has 1 aromatic carbocycles. The van der Waals surface area contributed by atoms with Crippen LogP contribution in [0.4, 0.5) is 4.39 Å². The predicted octanol–water partition coefficient (Wildman–Crippen LogP) is 3.77. The van der Waals surface area contributed by atoms with Gasteiger partial charge in [0, 0.05) is 6.54 Å². The third-order valence-electron chi connectivity index (χ3n) is 2.54. The Bertz CT molecular complexity index is 527. The molecule has 0 fully saturated rings. The van der Waals surface area contributed by atoms with E-state index < -0.39 is 0 Å². The van der Waals surface area contributed by atoms with Crippen LogP contribution in [-0.4, -0.2) is 9.55 Å². The van der Waals surface area contributed by atoms with Crippen LogP contribution in [0.1, 0.15) is 19.0 Å². The summed E-state index contributed by atoms with van der Waals surface area (Å²) in [6.07, 6.45) is 4.63. The van der Waals surface area contributed by atoms with E-state index >= 15 is 0 Å². The zero-order valence-electron chi connectivity index (χ0n) is 10.1. The first-order valence-corrected chi connectivity index (χ1v) is 6.57. The summed E-state index contributed by atoms with van der Waals surface area (Å²) < 4.78 is 21.1. The van der Waals surface area contributed by atoms with Crippen LogP contribution in [0, 0.1) is 5.82 Å². The van der Waals surface area contributed by atoms with Crippen LogP contribution in [-0.2, 0) is 13.2 Å². The number of halogens is 2. The normalized spacial score (nSPS) is 10.6. The summed E-state index contributed by atoms with van der Waals surface area (Å²) in [5, 5.41) is 0. The molecule has 96 valence electrons. The van der Waals surface area contributed by atoms with E-state index in [4.69, 9.17) is 4.74 Å². The molecule has 0 radical (unpaired) electrons. The zero-order valence-corrected chi connectivity index (χ0v) is 11.7. The predicted molar refractivity (Wildman–Crippen MR) is 71.0 cm³/mol. The van der Waals surface area contributed by atoms with Gasteiger partial charge in [0.05, 0.1) is 22.7 Å². The highest BCUT2D eigenvalue weighted by Crippen LogP contribution is 2.22. The van der Waals surface area contributed by atoms with Crippen LogP contribution < -0.4 is 4.74 Å². The van der Waals surface area contributed by atoms with Gasteiger partial charge in [0.1, 0.15) is 18.2 Å². The number of rotatable bonds is 5. The topological polar surface area (TPSA) is 27.1 Å². The Morgan fingerprint density at radius 2 is 2.28 bits per heavy atom. The van der Waals surface area contributed by atoms with Crippen molar-refractivity contribution in [3.8, 4) is 5.75 Å². The number of ether oxygens (including phenoxy) is 1. The Hall–Kier alpha value is -1.36. The molecule has 5 heteroatoms. The van der Waals surface area contributed by atoms with Crippen molar-refractivity contribution in [2.45, 2.75) is 26.5 Å². The maximum absolute atomic E-state index is 13.1. The summed E-state index contributed by atoms with van der Waals surface area (Å²) in [6, 6.07) is 4.61. The van der Waals surface area contributed by atoms with Crippen molar-refractivity contribution in [3.63, 3.8) is 0 Å². The lowest BCUT2D eigenvalue weighted by Gasteiger charge is -2.09. The van der Waals surface area contributed by atoms with Crippen LogP contribution in [0.15, 0.2) is 35.2 Å². The largest absolute Gasteiger partial charge is 0.487 e. The van der Waals surface area contributed by atoms with Crippen molar-refractivity contribution in [2.24, 2.45) is 0 Å². The molecule has 0 aliphatic rings. The van der Waals surface area contributed by atoms with Crippen LogP contribution in [0.3, 0.4) is 0 Å². The van der Waals surface area contributed by atoms with Gasteiger partial charge in [0.2, 0.25) is 0 Å². The number of aryl methyl sites for hydroxylation is 1. The quantitative estimate of drug-likeness (QED) is 0.840. The van der Waals surface area contributed by atoms with Crippen molar-refractivity contribution in [3.05, 3.63) is 46.7 Å². The molecule has 0 spiro atoms. The average Bonchev–Trinajstić information content (AvgIpc) is 2.79. The van der Waals surface area contributed by atoms with E-state index in [2.05, 4.69) is 32.4 Å². The minimum atomic E-state index is -0.293. The SMILES string of the molecule is CCCn1cncc1COc1ccc(F)c(Br)c1. The minimum absolute atomic E-state index is 0.293. The second kappa shape index (κ2) is 6.00. The molecule has 0 atom stereocenters. The molecule has 0 aliphatic heterocycles. The number of hydrogen-bond donors (Lipinski definition) is 0. The van der Waals surface area contributed by atoms with E-state index in [0.717, 1.165) is 18.7 Å². The van der Waals surface area contributed by atoms with Gasteiger partial charge in [-0.2, -0.15) is 0 Å². The van der Waals surface area contributed by atoms with Gasteiger partial charge in [-0.1, -0.05) is 6.92 Å². The highest BCUT2D eigenvalue weighted by molar-refractivity contribution is 9.10. The van der Waals surface area contributed by atoms with Gasteiger partial charge in [-0.15, -0.1) is 0 Å². The molecule has 2 aromatic rings. The van der Waals surface area contributed by atoms with Crippen LogP contribution in [0.5, 0.6) is 5.75 Å². The van der Waals surface area contributed by atoms with Crippen molar-refractivity contribution in [1.82, 2.24) is 9.55 Å². The van der Waals surface area contributed by atoms with Crippen molar-refractivity contribution in [2.75, 3.05) is 0 Å². The lowest BCUT2D eigenvalue weighted by molar-refractivity contribution is 0.294. The zero-order chi connectivity index (χ0) is 13.0. The summed E-state index contributed by atoms with van der Waals surface area (Å²) in [7, 11) is 0. The fourth-order valence-corrected chi connectivity index (χ4v) is 1.99. The molecule has 0 N–H and O–H groups in total. The molecule has 0 bridgehead atoms. The molecule has 1 aromatic heterocycles. The molecule has 3 nitrogen and oxygen atoms in total. The minimum Gasteiger partial charge on any atom is -0.487 e. The fraction of sp³-hybridized carbons (Fsp3) is 0.308. The molecule has 0 amide bonds. The second-order valence-electron chi connectivity index (χ2n) is 3.94. The van der Waals surface area contributed by atoms with E-state index in [9.17, 15) is 4.39 Å². The van der Waals surface area contributed by atoms with Crippen molar-refractivity contribution in [1.29, 1.82) is 0 Å². The number of hydrogen-bond acceptors (Lipinski definition) is 2. The first-order chi connectivity index (χ1) is 8.70. The highest BCUT2D eigenvalue weighted by atomic mass is 79.9. The van der Waals surface area contributed by atoms with Crippen molar-refractivity contribution < 1.29 is 9.13 Å². The van der Waals surface area contributed by atoms with E-state index in [1.165, 1.54) is 6.07 Å². The summed E-state index contributed by atoms with van der Waals surface area (Å²) >= 11 is 3.13. The number of nitrogens with zero attached hydrogens (tertiary/aromatic N) is 2. The van der Waals surface area contributed by atoms with Crippen LogP contribution >= 0.6 is 15.9 Å². The number of benzene rings is 1. The van der Waals surface area contributed by atoms with Gasteiger partial charge in [-0.3, -0.25) is 0 Å². The Morgan fingerprint density at radius 1 is 1.44 bits per heavy atom. The van der Waals surface area contributed by atoms with Gasteiger partial charge in [-0.25, -0.2) is 9.37 Å². The van der Waals surface area contributed by atoms with E-state index in [1.807, 2.05) is 0 Å². The second-order valence-corrected chi connectivity index (χ2v) is 4.80. The summed E-state index contributed by atoms with van der Waals surface area (Å²) in [6.45, 7) is 3.46. The Balaban J connectivity index is 2.02. The summed E-state index contributed by atoms with van der Waals surface area (Å²) in [5.74, 6) is 0.339. The standard InChI is InChI=1S/C13H14BrFN2O/c1-2-5-17-9-16-7-10(17)8-18-11-3-4-13(15)12(14)6-11/h3-4,6-7,9H,2,5,8H2,1H3. The number of aromatic nitrogens is 2. The van der Waals surface area contributed by atoms with E-state index in [1.54, 1.807) is 24.7 Å². The third kappa shape index (κ3) is 3.10. The van der Waals surface area contributed by atoms with Gasteiger partial charge < -0.3 is 9.30 Å². The molecule has 0 saturated carbocycles. The molecular weight excluding hydrogens is 299 g/mol. The van der Waals surface area contributed by atoms with Gasteiger partial charge in [0.15, 0.2) is 0 Å². The van der Waals surface area contributed by atoms with Gasteiger partial charge in [-0.05, 0) is 40.5 Å². The lowest BCUT2D eigenvalue weighted by atomic mass is 10.3. The van der Waals surface area contributed by atoms with E-state index in [-0.39, 0.29) is 5.82 Å². The van der Waals surface area contributed by atoms with Crippen LogP contribution in [0.25, 0.3) is 0 Å². The monoisotopic (exact) mass is 312 g/mol. The fourth-order valence-electron chi connectivity index (χ4n) is 1.63.